The number of carbonyl (C=O) groups is 1. The first kappa shape index (κ1) is 28.1. The van der Waals surface area contributed by atoms with Crippen LogP contribution < -0.4 is 26.8 Å². The molecule has 2 aromatic carbocycles. The van der Waals surface area contributed by atoms with Crippen molar-refractivity contribution in [1.29, 1.82) is 0 Å². The van der Waals surface area contributed by atoms with Gasteiger partial charge in [-0.05, 0) is 39.3 Å². The molecule has 2 heterocycles. The van der Waals surface area contributed by atoms with Gasteiger partial charge in [-0.3, -0.25) is 13.9 Å². The zero-order chi connectivity index (χ0) is 28.2. The number of ether oxygens (including phenoxy) is 1. The summed E-state index contributed by atoms with van der Waals surface area (Å²) in [6, 6.07) is 14.7. The van der Waals surface area contributed by atoms with Crippen LogP contribution in [0, 0.1) is 12.7 Å². The highest BCUT2D eigenvalue weighted by Crippen LogP contribution is 2.19. The SMILES string of the molecule is Cc1c(N2CCNCC2)c(=O)n(C[C@H](NC(=O)OC(C)(C)C)c2ccccc2)c(=O)n1Cc1ccccc1F. The zero-order valence-electron chi connectivity index (χ0n) is 22.9. The summed E-state index contributed by atoms with van der Waals surface area (Å²) >= 11 is 0. The van der Waals surface area contributed by atoms with Gasteiger partial charge in [0.15, 0.2) is 0 Å². The van der Waals surface area contributed by atoms with E-state index in [4.69, 9.17) is 4.74 Å². The molecule has 208 valence electrons. The predicted octanol–water partition coefficient (Wildman–Crippen LogP) is 3.18. The summed E-state index contributed by atoms with van der Waals surface area (Å²) < 4.78 is 22.7. The molecule has 0 spiro atoms. The molecule has 1 amide bonds. The summed E-state index contributed by atoms with van der Waals surface area (Å²) in [6.45, 7) is 9.40. The highest BCUT2D eigenvalue weighted by atomic mass is 19.1. The second-order valence-corrected chi connectivity index (χ2v) is 10.7. The van der Waals surface area contributed by atoms with E-state index >= 15 is 0 Å². The van der Waals surface area contributed by atoms with E-state index < -0.39 is 34.8 Å². The quantitative estimate of drug-likeness (QED) is 0.481. The molecule has 0 unspecified atom stereocenters. The molecule has 0 bridgehead atoms. The van der Waals surface area contributed by atoms with Crippen molar-refractivity contribution in [3.63, 3.8) is 0 Å². The Morgan fingerprint density at radius 2 is 1.67 bits per heavy atom. The van der Waals surface area contributed by atoms with E-state index in [1.807, 2.05) is 35.2 Å². The average Bonchev–Trinajstić information content (AvgIpc) is 2.89. The smallest absolute Gasteiger partial charge is 0.408 e. The molecule has 1 aromatic heterocycles. The van der Waals surface area contributed by atoms with Crippen molar-refractivity contribution in [1.82, 2.24) is 19.8 Å². The van der Waals surface area contributed by atoms with E-state index in [1.165, 1.54) is 10.6 Å². The van der Waals surface area contributed by atoms with E-state index in [1.54, 1.807) is 45.9 Å². The molecule has 0 aliphatic carbocycles. The number of rotatable bonds is 7. The molecular weight excluding hydrogens is 501 g/mol. The first-order valence-corrected chi connectivity index (χ1v) is 13.1. The number of aromatic nitrogens is 2. The number of benzene rings is 2. The molecule has 9 nitrogen and oxygen atoms in total. The van der Waals surface area contributed by atoms with Crippen molar-refractivity contribution in [2.75, 3.05) is 31.1 Å². The van der Waals surface area contributed by atoms with Crippen molar-refractivity contribution < 1.29 is 13.9 Å². The van der Waals surface area contributed by atoms with Crippen LogP contribution in [0.3, 0.4) is 0 Å². The number of amides is 1. The van der Waals surface area contributed by atoms with Gasteiger partial charge in [0.1, 0.15) is 17.1 Å². The molecular formula is C29H36FN5O4. The fourth-order valence-electron chi connectivity index (χ4n) is 4.74. The van der Waals surface area contributed by atoms with Crippen molar-refractivity contribution in [2.24, 2.45) is 0 Å². The third kappa shape index (κ3) is 6.75. The summed E-state index contributed by atoms with van der Waals surface area (Å²) in [7, 11) is 0. The summed E-state index contributed by atoms with van der Waals surface area (Å²) in [5.74, 6) is -0.431. The molecule has 1 atom stereocenters. The van der Waals surface area contributed by atoms with Gasteiger partial charge >= 0.3 is 11.8 Å². The average molecular weight is 538 g/mol. The largest absolute Gasteiger partial charge is 0.444 e. The van der Waals surface area contributed by atoms with Crippen molar-refractivity contribution in [3.8, 4) is 0 Å². The van der Waals surface area contributed by atoms with Gasteiger partial charge < -0.3 is 20.3 Å². The first-order chi connectivity index (χ1) is 18.5. The zero-order valence-corrected chi connectivity index (χ0v) is 22.9. The van der Waals surface area contributed by atoms with Crippen LogP contribution in [0.1, 0.15) is 43.6 Å². The summed E-state index contributed by atoms with van der Waals surface area (Å²) in [4.78, 5) is 42.5. The van der Waals surface area contributed by atoms with Crippen LogP contribution in [-0.2, 0) is 17.8 Å². The molecule has 10 heteroatoms. The lowest BCUT2D eigenvalue weighted by Crippen LogP contribution is -2.51. The Hall–Kier alpha value is -3.92. The van der Waals surface area contributed by atoms with E-state index in [2.05, 4.69) is 10.6 Å². The minimum Gasteiger partial charge on any atom is -0.444 e. The topological polar surface area (TPSA) is 97.6 Å². The van der Waals surface area contributed by atoms with Crippen LogP contribution in [0.5, 0.6) is 0 Å². The highest BCUT2D eigenvalue weighted by Gasteiger charge is 2.26. The summed E-state index contributed by atoms with van der Waals surface area (Å²) in [6.07, 6.45) is -0.662. The lowest BCUT2D eigenvalue weighted by atomic mass is 10.1. The minimum absolute atomic E-state index is 0.0355. The van der Waals surface area contributed by atoms with E-state index in [0.29, 0.717) is 48.7 Å². The van der Waals surface area contributed by atoms with Crippen molar-refractivity contribution in [2.45, 2.75) is 52.4 Å². The maximum Gasteiger partial charge on any atom is 0.408 e. The fourth-order valence-corrected chi connectivity index (χ4v) is 4.74. The normalized spacial score (nSPS) is 14.6. The third-order valence-corrected chi connectivity index (χ3v) is 6.63. The molecule has 39 heavy (non-hydrogen) atoms. The fraction of sp³-hybridized carbons (Fsp3) is 0.414. The molecule has 1 saturated heterocycles. The van der Waals surface area contributed by atoms with Gasteiger partial charge in [-0.2, -0.15) is 0 Å². The Bertz CT molecular complexity index is 1420. The Labute approximate surface area is 227 Å². The molecule has 0 saturated carbocycles. The minimum atomic E-state index is -0.730. The number of hydrogen-bond acceptors (Lipinski definition) is 6. The number of alkyl carbamates (subject to hydrolysis) is 1. The summed E-state index contributed by atoms with van der Waals surface area (Å²) in [5, 5.41) is 6.11. The Morgan fingerprint density at radius 3 is 2.31 bits per heavy atom. The first-order valence-electron chi connectivity index (χ1n) is 13.1. The molecule has 0 radical (unpaired) electrons. The van der Waals surface area contributed by atoms with E-state index in [-0.39, 0.29) is 13.1 Å². The van der Waals surface area contributed by atoms with Gasteiger partial charge in [-0.15, -0.1) is 0 Å². The number of halogens is 1. The van der Waals surface area contributed by atoms with Gasteiger partial charge in [0.05, 0.1) is 19.1 Å². The van der Waals surface area contributed by atoms with Crippen LogP contribution in [0.15, 0.2) is 64.2 Å². The van der Waals surface area contributed by atoms with Crippen LogP contribution in [0.25, 0.3) is 0 Å². The molecule has 2 N–H and O–H groups in total. The van der Waals surface area contributed by atoms with Gasteiger partial charge in [-0.25, -0.2) is 14.0 Å². The predicted molar refractivity (Wildman–Crippen MR) is 149 cm³/mol. The molecule has 1 aliphatic heterocycles. The third-order valence-electron chi connectivity index (χ3n) is 6.63. The number of nitrogens with zero attached hydrogens (tertiary/aromatic N) is 3. The standard InChI is InChI=1S/C29H36FN5O4/c1-20-25(33-16-14-31-15-17-33)26(36)35(28(38)34(20)18-22-12-8-9-13-23(22)30)19-24(21-10-6-5-7-11-21)32-27(37)39-29(2,3)4/h5-13,24,31H,14-19H2,1-4H3,(H,32,37)/t24-/m0/s1. The second-order valence-electron chi connectivity index (χ2n) is 10.7. The Balaban J connectivity index is 1.82. The van der Waals surface area contributed by atoms with Gasteiger partial charge in [-0.1, -0.05) is 48.5 Å². The van der Waals surface area contributed by atoms with E-state index in [0.717, 1.165) is 4.57 Å². The molecule has 1 aliphatic rings. The maximum atomic E-state index is 14.6. The Kier molecular flexibility index (Phi) is 8.54. The lowest BCUT2D eigenvalue weighted by Gasteiger charge is -2.32. The molecule has 4 rings (SSSR count). The monoisotopic (exact) mass is 537 g/mol. The maximum absolute atomic E-state index is 14.6. The second kappa shape index (κ2) is 11.9. The molecule has 3 aromatic rings. The van der Waals surface area contributed by atoms with Crippen molar-refractivity contribution in [3.05, 3.63) is 98.1 Å². The van der Waals surface area contributed by atoms with Crippen LogP contribution in [0.4, 0.5) is 14.9 Å². The van der Waals surface area contributed by atoms with Crippen LogP contribution in [0.2, 0.25) is 0 Å². The number of anilines is 1. The van der Waals surface area contributed by atoms with Crippen LogP contribution >= 0.6 is 0 Å². The number of hydrogen-bond donors (Lipinski definition) is 2. The summed E-state index contributed by atoms with van der Waals surface area (Å²) in [5.41, 5.74) is 0.167. The molecule has 1 fully saturated rings. The van der Waals surface area contributed by atoms with Gasteiger partial charge in [0, 0.05) is 37.4 Å². The lowest BCUT2D eigenvalue weighted by molar-refractivity contribution is 0.0497. The van der Waals surface area contributed by atoms with E-state index in [9.17, 15) is 18.8 Å². The van der Waals surface area contributed by atoms with Crippen LogP contribution in [-0.4, -0.2) is 47.0 Å². The Morgan fingerprint density at radius 1 is 1.03 bits per heavy atom. The number of piperazine rings is 1. The van der Waals surface area contributed by atoms with Gasteiger partial charge in [0.2, 0.25) is 0 Å². The van der Waals surface area contributed by atoms with Crippen molar-refractivity contribution >= 4 is 11.8 Å². The van der Waals surface area contributed by atoms with Gasteiger partial charge in [0.25, 0.3) is 5.56 Å². The highest BCUT2D eigenvalue weighted by molar-refractivity contribution is 5.68. The number of nitrogens with one attached hydrogen (secondary N) is 2. The number of carbonyl (C=O) groups excluding carboxylic acids is 1.